The first-order valence-electron chi connectivity index (χ1n) is 10.8. The molecule has 4 rings (SSSR count). The summed E-state index contributed by atoms with van der Waals surface area (Å²) in [6.07, 6.45) is -4.27. The van der Waals surface area contributed by atoms with Gasteiger partial charge in [-0.25, -0.2) is 4.79 Å². The highest BCUT2D eigenvalue weighted by Gasteiger charge is 2.39. The molecule has 9 heteroatoms. The van der Waals surface area contributed by atoms with Crippen LogP contribution in [0.1, 0.15) is 27.0 Å². The second-order valence-electron chi connectivity index (χ2n) is 8.23. The summed E-state index contributed by atoms with van der Waals surface area (Å²) in [4.78, 5) is 28.5. The van der Waals surface area contributed by atoms with Crippen LogP contribution in [0.15, 0.2) is 66.7 Å². The predicted octanol–water partition coefficient (Wildman–Crippen LogP) is 5.74. The number of anilines is 2. The number of carbonyl (C=O) groups excluding carboxylic acids is 2. The molecule has 0 N–H and O–H groups in total. The fraction of sp³-hybridized carbons (Fsp3) is 0.231. The van der Waals surface area contributed by atoms with E-state index in [9.17, 15) is 22.8 Å². The zero-order valence-corrected chi connectivity index (χ0v) is 19.7. The minimum absolute atomic E-state index is 0.0000148. The van der Waals surface area contributed by atoms with Crippen LogP contribution in [0.5, 0.6) is 0 Å². The Morgan fingerprint density at radius 3 is 2.37 bits per heavy atom. The average Bonchev–Trinajstić information content (AvgIpc) is 2.84. The number of likely N-dealkylation sites (N-methyl/N-ethyl adjacent to an activating group) is 1. The van der Waals surface area contributed by atoms with Gasteiger partial charge < -0.3 is 14.5 Å². The summed E-state index contributed by atoms with van der Waals surface area (Å²) >= 11 is 6.22. The van der Waals surface area contributed by atoms with Crippen LogP contribution in [-0.4, -0.2) is 32.1 Å². The van der Waals surface area contributed by atoms with E-state index < -0.39 is 23.8 Å². The van der Waals surface area contributed by atoms with Crippen molar-refractivity contribution in [1.82, 2.24) is 0 Å². The molecule has 1 aliphatic heterocycles. The van der Waals surface area contributed by atoms with Gasteiger partial charge in [-0.05, 0) is 47.5 Å². The average molecular weight is 503 g/mol. The molecule has 1 unspecified atom stereocenters. The Labute approximate surface area is 205 Å². The smallest absolute Gasteiger partial charge is 0.416 e. The van der Waals surface area contributed by atoms with Gasteiger partial charge in [-0.2, -0.15) is 13.2 Å². The monoisotopic (exact) mass is 502 g/mol. The van der Waals surface area contributed by atoms with Gasteiger partial charge in [0, 0.05) is 18.5 Å². The molecule has 1 aliphatic rings. The van der Waals surface area contributed by atoms with E-state index in [-0.39, 0.29) is 24.4 Å². The number of fused-ring (bicyclic) bond motifs is 1. The number of hydrogen-bond donors (Lipinski definition) is 0. The highest BCUT2D eigenvalue weighted by atomic mass is 35.5. The van der Waals surface area contributed by atoms with Crippen LogP contribution in [-0.2, 0) is 28.7 Å². The number of esters is 1. The van der Waals surface area contributed by atoms with E-state index in [1.54, 1.807) is 54.4 Å². The summed E-state index contributed by atoms with van der Waals surface area (Å²) in [5.41, 5.74) is 1.50. The quantitative estimate of drug-likeness (QED) is 0.417. The minimum atomic E-state index is -4.55. The molecule has 3 aromatic carbocycles. The van der Waals surface area contributed by atoms with E-state index in [4.69, 9.17) is 16.3 Å². The van der Waals surface area contributed by atoms with E-state index in [2.05, 4.69) is 0 Å². The molecule has 0 spiro atoms. The highest BCUT2D eigenvalue weighted by Crippen LogP contribution is 2.40. The Kier molecular flexibility index (Phi) is 6.76. The molecular weight excluding hydrogens is 481 g/mol. The summed E-state index contributed by atoms with van der Waals surface area (Å²) < 4.78 is 45.6. The van der Waals surface area contributed by atoms with Crippen molar-refractivity contribution >= 4 is 34.9 Å². The topological polar surface area (TPSA) is 49.9 Å². The van der Waals surface area contributed by atoms with Crippen LogP contribution in [0.4, 0.5) is 24.5 Å². The number of nitrogens with zero attached hydrogens (tertiary/aromatic N) is 2. The van der Waals surface area contributed by atoms with Gasteiger partial charge in [0.05, 0.1) is 36.2 Å². The van der Waals surface area contributed by atoms with E-state index in [1.807, 2.05) is 0 Å². The van der Waals surface area contributed by atoms with Crippen molar-refractivity contribution in [1.29, 1.82) is 0 Å². The van der Waals surface area contributed by atoms with Crippen molar-refractivity contribution in [3.05, 3.63) is 94.0 Å². The highest BCUT2D eigenvalue weighted by molar-refractivity contribution is 6.31. The summed E-state index contributed by atoms with van der Waals surface area (Å²) in [5.74, 6) is -0.808. The second-order valence-corrected chi connectivity index (χ2v) is 8.67. The summed E-state index contributed by atoms with van der Waals surface area (Å²) in [6.45, 7) is -0.241. The lowest BCUT2D eigenvalue weighted by molar-refractivity contribution is -0.138. The molecular formula is C26H22ClF3N2O3. The van der Waals surface area contributed by atoms with Crippen LogP contribution in [0.2, 0.25) is 5.02 Å². The number of hydrogen-bond acceptors (Lipinski definition) is 4. The predicted molar refractivity (Wildman–Crippen MR) is 128 cm³/mol. The van der Waals surface area contributed by atoms with Gasteiger partial charge in [0.1, 0.15) is 6.04 Å². The third-order valence-corrected chi connectivity index (χ3v) is 6.32. The third-order valence-electron chi connectivity index (χ3n) is 6.08. The van der Waals surface area contributed by atoms with Gasteiger partial charge in [-0.15, -0.1) is 0 Å². The second kappa shape index (κ2) is 9.62. The van der Waals surface area contributed by atoms with E-state index in [0.717, 1.165) is 11.6 Å². The molecule has 1 atom stereocenters. The Morgan fingerprint density at radius 1 is 1.03 bits per heavy atom. The maximum absolute atomic E-state index is 13.7. The lowest BCUT2D eigenvalue weighted by atomic mass is 9.97. The molecule has 0 saturated heterocycles. The van der Waals surface area contributed by atoms with Gasteiger partial charge >= 0.3 is 12.1 Å². The molecule has 182 valence electrons. The summed E-state index contributed by atoms with van der Waals surface area (Å²) in [7, 11) is 3.04. The first-order chi connectivity index (χ1) is 16.6. The Morgan fingerprint density at radius 2 is 1.71 bits per heavy atom. The minimum Gasteiger partial charge on any atom is -0.465 e. The first-order valence-corrected chi connectivity index (χ1v) is 11.1. The molecule has 0 fully saturated rings. The zero-order valence-electron chi connectivity index (χ0n) is 19.0. The Balaban J connectivity index is 1.71. The molecule has 0 aliphatic carbocycles. The largest absolute Gasteiger partial charge is 0.465 e. The molecule has 0 radical (unpaired) electrons. The molecule has 1 heterocycles. The number of carbonyl (C=O) groups is 2. The zero-order chi connectivity index (χ0) is 25.3. The molecule has 0 bridgehead atoms. The molecule has 35 heavy (non-hydrogen) atoms. The first kappa shape index (κ1) is 24.6. The maximum Gasteiger partial charge on any atom is 0.416 e. The van der Waals surface area contributed by atoms with Crippen LogP contribution >= 0.6 is 11.6 Å². The van der Waals surface area contributed by atoms with Gasteiger partial charge in [0.25, 0.3) is 0 Å². The number of halogens is 4. The standard InChI is InChI=1S/C26H22ClF3N2O3/c1-31-22-14-19(27)11-12-21(22)32(15-18-5-3-4-6-20(18)26(28,29)30)24(33)23(31)13-16-7-9-17(10-8-16)25(34)35-2/h3-12,14,23H,13,15H2,1-2H3. The molecule has 0 aromatic heterocycles. The summed E-state index contributed by atoms with van der Waals surface area (Å²) in [6, 6.07) is 16.2. The van der Waals surface area contributed by atoms with E-state index in [1.165, 1.54) is 30.2 Å². The lowest BCUT2D eigenvalue weighted by Crippen LogP contribution is -2.53. The van der Waals surface area contributed by atoms with Crippen LogP contribution < -0.4 is 9.80 Å². The van der Waals surface area contributed by atoms with Crippen molar-refractivity contribution in [2.75, 3.05) is 24.0 Å². The van der Waals surface area contributed by atoms with E-state index >= 15 is 0 Å². The van der Waals surface area contributed by atoms with Crippen molar-refractivity contribution < 1.29 is 27.5 Å². The van der Waals surface area contributed by atoms with Crippen LogP contribution in [0, 0.1) is 0 Å². The normalized spacial score (nSPS) is 15.7. The van der Waals surface area contributed by atoms with Gasteiger partial charge in [-0.1, -0.05) is 41.9 Å². The Bertz CT molecular complexity index is 1260. The van der Waals surface area contributed by atoms with Crippen molar-refractivity contribution in [3.63, 3.8) is 0 Å². The number of methoxy groups -OCH3 is 1. The number of benzene rings is 3. The van der Waals surface area contributed by atoms with Crippen LogP contribution in [0.25, 0.3) is 0 Å². The molecule has 3 aromatic rings. The van der Waals surface area contributed by atoms with Gasteiger partial charge in [0.15, 0.2) is 0 Å². The number of ether oxygens (including phenoxy) is 1. The summed E-state index contributed by atoms with van der Waals surface area (Å²) in [5, 5.41) is 0.446. The number of amides is 1. The number of alkyl halides is 3. The SMILES string of the molecule is COC(=O)c1ccc(CC2C(=O)N(Cc3ccccc3C(F)(F)F)c3ccc(Cl)cc3N2C)cc1. The number of rotatable bonds is 5. The third kappa shape index (κ3) is 4.98. The fourth-order valence-corrected chi connectivity index (χ4v) is 4.42. The maximum atomic E-state index is 13.7. The van der Waals surface area contributed by atoms with E-state index in [0.29, 0.717) is 22.0 Å². The molecule has 0 saturated carbocycles. The van der Waals surface area contributed by atoms with Crippen molar-refractivity contribution in [2.24, 2.45) is 0 Å². The van der Waals surface area contributed by atoms with Gasteiger partial charge in [0.2, 0.25) is 5.91 Å². The van der Waals surface area contributed by atoms with Crippen molar-refractivity contribution in [3.8, 4) is 0 Å². The fourth-order valence-electron chi connectivity index (χ4n) is 4.25. The lowest BCUT2D eigenvalue weighted by Gasteiger charge is -2.41. The Hall–Kier alpha value is -3.52. The van der Waals surface area contributed by atoms with Crippen LogP contribution in [0.3, 0.4) is 0 Å². The van der Waals surface area contributed by atoms with Gasteiger partial charge in [-0.3, -0.25) is 4.79 Å². The van der Waals surface area contributed by atoms with Crippen molar-refractivity contribution in [2.45, 2.75) is 25.2 Å². The molecule has 5 nitrogen and oxygen atoms in total. The molecule has 1 amide bonds.